The van der Waals surface area contributed by atoms with Crippen molar-refractivity contribution in [2.75, 3.05) is 13.2 Å². The fourth-order valence-electron chi connectivity index (χ4n) is 2.40. The van der Waals surface area contributed by atoms with E-state index in [1.807, 2.05) is 37.3 Å². The number of benzene rings is 2. The Bertz CT molecular complexity index is 682. The third-order valence-corrected chi connectivity index (χ3v) is 4.49. The number of fused-ring (bicyclic) bond motifs is 1. The highest BCUT2D eigenvalue weighted by Gasteiger charge is 2.20. The Morgan fingerprint density at radius 3 is 2.33 bits per heavy atom. The van der Waals surface area contributed by atoms with Gasteiger partial charge in [0.1, 0.15) is 19.3 Å². The first kappa shape index (κ1) is 14.4. The Balaban J connectivity index is 2.00. The van der Waals surface area contributed by atoms with E-state index >= 15 is 0 Å². The van der Waals surface area contributed by atoms with Gasteiger partial charge in [0.2, 0.25) is 0 Å². The summed E-state index contributed by atoms with van der Waals surface area (Å²) in [5, 5.41) is 10.7. The van der Waals surface area contributed by atoms with E-state index in [-0.39, 0.29) is 0 Å². The fourth-order valence-corrected chi connectivity index (χ4v) is 2.94. The van der Waals surface area contributed by atoms with Crippen molar-refractivity contribution in [3.05, 3.63) is 57.1 Å². The lowest BCUT2D eigenvalue weighted by atomic mass is 9.97. The minimum atomic E-state index is -0.700. The number of halogens is 1. The molecule has 0 aliphatic carbocycles. The van der Waals surface area contributed by atoms with E-state index in [0.29, 0.717) is 24.7 Å². The van der Waals surface area contributed by atoms with Gasteiger partial charge in [0, 0.05) is 10.0 Å². The molecule has 0 fully saturated rings. The third kappa shape index (κ3) is 2.78. The van der Waals surface area contributed by atoms with Gasteiger partial charge in [-0.25, -0.2) is 0 Å². The van der Waals surface area contributed by atoms with Gasteiger partial charge < -0.3 is 14.6 Å². The summed E-state index contributed by atoms with van der Waals surface area (Å²) in [4.78, 5) is 0. The Kier molecular flexibility index (Phi) is 3.91. The maximum absolute atomic E-state index is 10.7. The van der Waals surface area contributed by atoms with Crippen LogP contribution in [0.15, 0.2) is 34.8 Å². The van der Waals surface area contributed by atoms with Gasteiger partial charge in [0.05, 0.1) is 0 Å². The first-order valence-corrected chi connectivity index (χ1v) is 7.70. The molecule has 1 heterocycles. The smallest absolute Gasteiger partial charge is 0.162 e. The van der Waals surface area contributed by atoms with Gasteiger partial charge in [0.25, 0.3) is 0 Å². The van der Waals surface area contributed by atoms with Gasteiger partial charge in [-0.1, -0.05) is 34.1 Å². The summed E-state index contributed by atoms with van der Waals surface area (Å²) in [5.74, 6) is 1.39. The average Bonchev–Trinajstić information content (AvgIpc) is 2.48. The van der Waals surface area contributed by atoms with E-state index in [9.17, 15) is 5.11 Å². The third-order valence-electron chi connectivity index (χ3n) is 3.80. The zero-order valence-electron chi connectivity index (χ0n) is 12.0. The molecule has 1 N–H and O–H groups in total. The van der Waals surface area contributed by atoms with Crippen LogP contribution in [0, 0.1) is 13.8 Å². The summed E-state index contributed by atoms with van der Waals surface area (Å²) >= 11 is 3.51. The topological polar surface area (TPSA) is 38.7 Å². The van der Waals surface area contributed by atoms with Crippen molar-refractivity contribution in [1.29, 1.82) is 0 Å². The molecule has 3 rings (SSSR count). The molecule has 1 unspecified atom stereocenters. The van der Waals surface area contributed by atoms with Crippen molar-refractivity contribution in [2.24, 2.45) is 0 Å². The monoisotopic (exact) mass is 348 g/mol. The minimum Gasteiger partial charge on any atom is -0.486 e. The van der Waals surface area contributed by atoms with Crippen molar-refractivity contribution in [2.45, 2.75) is 20.0 Å². The predicted molar refractivity (Wildman–Crippen MR) is 85.1 cm³/mol. The van der Waals surface area contributed by atoms with Gasteiger partial charge in [-0.2, -0.15) is 0 Å². The molecular formula is C17H17BrO3. The lowest BCUT2D eigenvalue weighted by molar-refractivity contribution is 0.169. The standard InChI is InChI=1S/C17H17BrO3/c1-10-3-4-12(7-11(10)2)17(19)13-8-15-16(9-14(13)18)21-6-5-20-15/h3-4,7-9,17,19H,5-6H2,1-2H3. The van der Waals surface area contributed by atoms with Crippen LogP contribution in [0.2, 0.25) is 0 Å². The largest absolute Gasteiger partial charge is 0.486 e. The van der Waals surface area contributed by atoms with Crippen LogP contribution >= 0.6 is 15.9 Å². The van der Waals surface area contributed by atoms with Crippen LogP contribution in [-0.4, -0.2) is 18.3 Å². The number of rotatable bonds is 2. The number of aliphatic hydroxyl groups is 1. The second-order valence-corrected chi connectivity index (χ2v) is 6.12. The first-order valence-electron chi connectivity index (χ1n) is 6.90. The molecule has 0 amide bonds. The first-order chi connectivity index (χ1) is 10.1. The quantitative estimate of drug-likeness (QED) is 0.893. The Morgan fingerprint density at radius 1 is 1.00 bits per heavy atom. The van der Waals surface area contributed by atoms with Gasteiger partial charge in [-0.3, -0.25) is 0 Å². The fraction of sp³-hybridized carbons (Fsp3) is 0.294. The molecule has 1 atom stereocenters. The number of ether oxygens (including phenoxy) is 2. The zero-order valence-corrected chi connectivity index (χ0v) is 13.6. The number of hydrogen-bond donors (Lipinski definition) is 1. The molecule has 0 saturated carbocycles. The maximum atomic E-state index is 10.7. The van der Waals surface area contributed by atoms with Crippen molar-refractivity contribution >= 4 is 15.9 Å². The van der Waals surface area contributed by atoms with E-state index in [2.05, 4.69) is 22.9 Å². The van der Waals surface area contributed by atoms with E-state index in [0.717, 1.165) is 15.6 Å². The van der Waals surface area contributed by atoms with E-state index in [1.165, 1.54) is 11.1 Å². The summed E-state index contributed by atoms with van der Waals surface area (Å²) in [6.07, 6.45) is -0.700. The molecule has 0 saturated heterocycles. The molecule has 1 aliphatic rings. The lowest BCUT2D eigenvalue weighted by Gasteiger charge is -2.22. The number of aliphatic hydroxyl groups excluding tert-OH is 1. The molecule has 0 radical (unpaired) electrons. The Labute approximate surface area is 132 Å². The van der Waals surface area contributed by atoms with Crippen LogP contribution in [-0.2, 0) is 0 Å². The van der Waals surface area contributed by atoms with Crippen LogP contribution < -0.4 is 9.47 Å². The van der Waals surface area contributed by atoms with Crippen molar-refractivity contribution in [3.63, 3.8) is 0 Å². The second kappa shape index (κ2) is 5.70. The van der Waals surface area contributed by atoms with Crippen LogP contribution in [0.25, 0.3) is 0 Å². The molecule has 0 spiro atoms. The SMILES string of the molecule is Cc1ccc(C(O)c2cc3c(cc2Br)OCCO3)cc1C. The molecule has 0 aromatic heterocycles. The highest BCUT2D eigenvalue weighted by Crippen LogP contribution is 2.39. The van der Waals surface area contributed by atoms with Crippen LogP contribution in [0.4, 0.5) is 0 Å². The van der Waals surface area contributed by atoms with E-state index < -0.39 is 6.10 Å². The predicted octanol–water partition coefficient (Wildman–Crippen LogP) is 3.92. The van der Waals surface area contributed by atoms with Gasteiger partial charge in [-0.05, 0) is 42.7 Å². The summed E-state index contributed by atoms with van der Waals surface area (Å²) in [6, 6.07) is 9.70. The van der Waals surface area contributed by atoms with Gasteiger partial charge >= 0.3 is 0 Å². The second-order valence-electron chi connectivity index (χ2n) is 5.26. The molecule has 1 aliphatic heterocycles. The molecule has 2 aromatic carbocycles. The van der Waals surface area contributed by atoms with E-state index in [1.54, 1.807) is 0 Å². The number of hydrogen-bond acceptors (Lipinski definition) is 3. The molecule has 3 nitrogen and oxygen atoms in total. The summed E-state index contributed by atoms with van der Waals surface area (Å²) in [6.45, 7) is 5.20. The Morgan fingerprint density at radius 2 is 1.67 bits per heavy atom. The summed E-state index contributed by atoms with van der Waals surface area (Å²) in [5.41, 5.74) is 4.03. The lowest BCUT2D eigenvalue weighted by Crippen LogP contribution is -2.16. The average molecular weight is 349 g/mol. The van der Waals surface area contributed by atoms with Crippen LogP contribution in [0.3, 0.4) is 0 Å². The zero-order chi connectivity index (χ0) is 15.0. The molecular weight excluding hydrogens is 332 g/mol. The Hall–Kier alpha value is -1.52. The normalized spacial score (nSPS) is 14.9. The summed E-state index contributed by atoms with van der Waals surface area (Å²) in [7, 11) is 0. The van der Waals surface area contributed by atoms with Crippen LogP contribution in [0.5, 0.6) is 11.5 Å². The molecule has 2 aromatic rings. The van der Waals surface area contributed by atoms with E-state index in [4.69, 9.17) is 9.47 Å². The highest BCUT2D eigenvalue weighted by molar-refractivity contribution is 9.10. The van der Waals surface area contributed by atoms with Crippen molar-refractivity contribution in [3.8, 4) is 11.5 Å². The van der Waals surface area contributed by atoms with Crippen molar-refractivity contribution in [1.82, 2.24) is 0 Å². The molecule has 21 heavy (non-hydrogen) atoms. The highest BCUT2D eigenvalue weighted by atomic mass is 79.9. The molecule has 110 valence electrons. The molecule has 0 bridgehead atoms. The summed E-state index contributed by atoms with van der Waals surface area (Å²) < 4.78 is 12.0. The minimum absolute atomic E-state index is 0.536. The maximum Gasteiger partial charge on any atom is 0.162 e. The van der Waals surface area contributed by atoms with Crippen molar-refractivity contribution < 1.29 is 14.6 Å². The van der Waals surface area contributed by atoms with Gasteiger partial charge in [0.15, 0.2) is 11.5 Å². The van der Waals surface area contributed by atoms with Gasteiger partial charge in [-0.15, -0.1) is 0 Å². The number of aryl methyl sites for hydroxylation is 2. The molecule has 4 heteroatoms. The van der Waals surface area contributed by atoms with Crippen LogP contribution in [0.1, 0.15) is 28.4 Å².